The molecule has 1 aromatic rings. The van der Waals surface area contributed by atoms with Gasteiger partial charge in [0.05, 0.1) is 0 Å². The van der Waals surface area contributed by atoms with Gasteiger partial charge in [0.1, 0.15) is 0 Å². The van der Waals surface area contributed by atoms with E-state index in [9.17, 15) is 4.79 Å². The Labute approximate surface area is 115 Å². The van der Waals surface area contributed by atoms with Crippen molar-refractivity contribution < 1.29 is 4.79 Å². The quantitative estimate of drug-likeness (QED) is 0.884. The standard InChI is InChI=1S/C16H24N2O/c1-13-4-6-14(7-5-13)11-18(2)15(19)10-16(12-17)8-3-9-16/h4-7H,3,8-12,17H2,1-2H3. The number of benzene rings is 1. The Morgan fingerprint density at radius 2 is 1.95 bits per heavy atom. The first-order chi connectivity index (χ1) is 9.04. The fourth-order valence-corrected chi connectivity index (χ4v) is 2.64. The zero-order valence-corrected chi connectivity index (χ0v) is 12.0. The molecule has 0 heterocycles. The van der Waals surface area contributed by atoms with E-state index in [0.717, 1.165) is 12.8 Å². The lowest BCUT2D eigenvalue weighted by Crippen LogP contribution is -2.42. The molecule has 0 radical (unpaired) electrons. The Hall–Kier alpha value is -1.35. The van der Waals surface area contributed by atoms with Crippen molar-refractivity contribution in [1.29, 1.82) is 0 Å². The minimum absolute atomic E-state index is 0.0959. The molecule has 104 valence electrons. The van der Waals surface area contributed by atoms with Gasteiger partial charge in [0, 0.05) is 20.0 Å². The van der Waals surface area contributed by atoms with E-state index in [0.29, 0.717) is 19.5 Å². The molecule has 0 saturated heterocycles. The summed E-state index contributed by atoms with van der Waals surface area (Å²) >= 11 is 0. The fourth-order valence-electron chi connectivity index (χ4n) is 2.64. The topological polar surface area (TPSA) is 46.3 Å². The molecule has 1 saturated carbocycles. The van der Waals surface area contributed by atoms with Gasteiger partial charge in [-0.2, -0.15) is 0 Å². The highest BCUT2D eigenvalue weighted by atomic mass is 16.2. The molecule has 0 aliphatic heterocycles. The van der Waals surface area contributed by atoms with Crippen LogP contribution in [0.1, 0.15) is 36.8 Å². The Balaban J connectivity index is 1.90. The van der Waals surface area contributed by atoms with Crippen LogP contribution in [-0.2, 0) is 11.3 Å². The summed E-state index contributed by atoms with van der Waals surface area (Å²) in [5.74, 6) is 0.214. The largest absolute Gasteiger partial charge is 0.341 e. The molecule has 3 nitrogen and oxygen atoms in total. The first kappa shape index (κ1) is 14.1. The SMILES string of the molecule is Cc1ccc(CN(C)C(=O)CC2(CN)CCC2)cc1. The van der Waals surface area contributed by atoms with E-state index in [4.69, 9.17) is 5.73 Å². The lowest BCUT2D eigenvalue weighted by atomic mass is 9.66. The van der Waals surface area contributed by atoms with Gasteiger partial charge in [-0.3, -0.25) is 4.79 Å². The minimum atomic E-state index is 0.0959. The molecule has 1 aliphatic carbocycles. The number of nitrogens with zero attached hydrogens (tertiary/aromatic N) is 1. The molecule has 1 fully saturated rings. The highest BCUT2D eigenvalue weighted by molar-refractivity contribution is 5.76. The average molecular weight is 260 g/mol. The third kappa shape index (κ3) is 3.35. The number of hydrogen-bond donors (Lipinski definition) is 1. The van der Waals surface area contributed by atoms with Gasteiger partial charge in [0.25, 0.3) is 0 Å². The van der Waals surface area contributed by atoms with E-state index in [2.05, 4.69) is 31.2 Å². The van der Waals surface area contributed by atoms with Crippen LogP contribution in [0.25, 0.3) is 0 Å². The number of carbonyl (C=O) groups is 1. The van der Waals surface area contributed by atoms with E-state index >= 15 is 0 Å². The lowest BCUT2D eigenvalue weighted by molar-refractivity contribution is -0.134. The summed E-state index contributed by atoms with van der Waals surface area (Å²) in [6, 6.07) is 8.34. The second-order valence-corrected chi connectivity index (χ2v) is 5.97. The van der Waals surface area contributed by atoms with Crippen molar-refractivity contribution in [3.63, 3.8) is 0 Å². The Kier molecular flexibility index (Phi) is 4.25. The highest BCUT2D eigenvalue weighted by Crippen LogP contribution is 2.43. The van der Waals surface area contributed by atoms with E-state index in [1.54, 1.807) is 0 Å². The molecule has 0 bridgehead atoms. The molecular formula is C16H24N2O. The van der Waals surface area contributed by atoms with Gasteiger partial charge in [-0.15, -0.1) is 0 Å². The molecule has 1 aliphatic rings. The van der Waals surface area contributed by atoms with Crippen LogP contribution in [0.15, 0.2) is 24.3 Å². The van der Waals surface area contributed by atoms with Crippen molar-refractivity contribution >= 4 is 5.91 Å². The zero-order chi connectivity index (χ0) is 13.9. The molecule has 1 aromatic carbocycles. The van der Waals surface area contributed by atoms with Crippen molar-refractivity contribution in [2.75, 3.05) is 13.6 Å². The molecule has 0 aromatic heterocycles. The summed E-state index contributed by atoms with van der Waals surface area (Å²) in [4.78, 5) is 14.1. The van der Waals surface area contributed by atoms with Gasteiger partial charge in [0.2, 0.25) is 5.91 Å². The van der Waals surface area contributed by atoms with Gasteiger partial charge in [-0.05, 0) is 37.3 Å². The zero-order valence-electron chi connectivity index (χ0n) is 12.0. The number of nitrogens with two attached hydrogens (primary N) is 1. The van der Waals surface area contributed by atoms with Crippen molar-refractivity contribution in [2.45, 2.75) is 39.2 Å². The van der Waals surface area contributed by atoms with Crippen LogP contribution in [0, 0.1) is 12.3 Å². The summed E-state index contributed by atoms with van der Waals surface area (Å²) in [5.41, 5.74) is 8.33. The second kappa shape index (κ2) is 5.74. The van der Waals surface area contributed by atoms with Crippen LogP contribution in [0.3, 0.4) is 0 Å². The van der Waals surface area contributed by atoms with Gasteiger partial charge in [-0.25, -0.2) is 0 Å². The molecular weight excluding hydrogens is 236 g/mol. The molecule has 19 heavy (non-hydrogen) atoms. The van der Waals surface area contributed by atoms with Crippen LogP contribution in [0.5, 0.6) is 0 Å². The molecule has 0 unspecified atom stereocenters. The monoisotopic (exact) mass is 260 g/mol. The van der Waals surface area contributed by atoms with E-state index in [-0.39, 0.29) is 11.3 Å². The summed E-state index contributed by atoms with van der Waals surface area (Å²) in [5, 5.41) is 0. The highest BCUT2D eigenvalue weighted by Gasteiger charge is 2.38. The summed E-state index contributed by atoms with van der Waals surface area (Å²) < 4.78 is 0. The Morgan fingerprint density at radius 3 is 2.42 bits per heavy atom. The van der Waals surface area contributed by atoms with E-state index in [1.165, 1.54) is 17.5 Å². The first-order valence-electron chi connectivity index (χ1n) is 7.04. The molecule has 0 spiro atoms. The Bertz CT molecular complexity index is 429. The van der Waals surface area contributed by atoms with Crippen molar-refractivity contribution in [3.05, 3.63) is 35.4 Å². The minimum Gasteiger partial charge on any atom is -0.341 e. The summed E-state index contributed by atoms with van der Waals surface area (Å²) in [6.45, 7) is 3.39. The van der Waals surface area contributed by atoms with Crippen molar-refractivity contribution in [3.8, 4) is 0 Å². The van der Waals surface area contributed by atoms with Gasteiger partial charge in [-0.1, -0.05) is 36.2 Å². The Morgan fingerprint density at radius 1 is 1.32 bits per heavy atom. The van der Waals surface area contributed by atoms with Crippen molar-refractivity contribution in [2.24, 2.45) is 11.1 Å². The van der Waals surface area contributed by atoms with Gasteiger partial charge < -0.3 is 10.6 Å². The molecule has 3 heteroatoms. The smallest absolute Gasteiger partial charge is 0.223 e. The van der Waals surface area contributed by atoms with Crippen LogP contribution in [0.2, 0.25) is 0 Å². The van der Waals surface area contributed by atoms with Crippen LogP contribution in [-0.4, -0.2) is 24.4 Å². The maximum absolute atomic E-state index is 12.3. The van der Waals surface area contributed by atoms with Gasteiger partial charge >= 0.3 is 0 Å². The number of hydrogen-bond acceptors (Lipinski definition) is 2. The summed E-state index contributed by atoms with van der Waals surface area (Å²) in [6.07, 6.45) is 4.03. The average Bonchev–Trinajstić information content (AvgIpc) is 2.36. The first-order valence-corrected chi connectivity index (χ1v) is 7.04. The number of rotatable bonds is 5. The third-order valence-electron chi connectivity index (χ3n) is 4.34. The van der Waals surface area contributed by atoms with Crippen LogP contribution >= 0.6 is 0 Å². The maximum atomic E-state index is 12.3. The number of aryl methyl sites for hydroxylation is 1. The lowest BCUT2D eigenvalue weighted by Gasteiger charge is -2.41. The summed E-state index contributed by atoms with van der Waals surface area (Å²) in [7, 11) is 1.88. The normalized spacial score (nSPS) is 16.8. The predicted octanol–water partition coefficient (Wildman–Crippen LogP) is 2.47. The molecule has 1 amide bonds. The number of amides is 1. The molecule has 0 atom stereocenters. The van der Waals surface area contributed by atoms with Crippen molar-refractivity contribution in [1.82, 2.24) is 4.90 Å². The maximum Gasteiger partial charge on any atom is 0.223 e. The van der Waals surface area contributed by atoms with Crippen LogP contribution < -0.4 is 5.73 Å². The number of carbonyl (C=O) groups excluding carboxylic acids is 1. The third-order valence-corrected chi connectivity index (χ3v) is 4.34. The van der Waals surface area contributed by atoms with Crippen LogP contribution in [0.4, 0.5) is 0 Å². The van der Waals surface area contributed by atoms with E-state index < -0.39 is 0 Å². The van der Waals surface area contributed by atoms with Gasteiger partial charge in [0.15, 0.2) is 0 Å². The van der Waals surface area contributed by atoms with E-state index in [1.807, 2.05) is 11.9 Å². The predicted molar refractivity (Wildman–Crippen MR) is 77.6 cm³/mol. The second-order valence-electron chi connectivity index (χ2n) is 5.97. The molecule has 2 N–H and O–H groups in total. The fraction of sp³-hybridized carbons (Fsp3) is 0.562. The molecule has 2 rings (SSSR count).